The molecule has 1 atom stereocenters. The quantitative estimate of drug-likeness (QED) is 0.843. The second-order valence-corrected chi connectivity index (χ2v) is 5.05. The summed E-state index contributed by atoms with van der Waals surface area (Å²) in [6.07, 6.45) is 0. The van der Waals surface area contributed by atoms with E-state index in [0.29, 0.717) is 17.3 Å². The van der Waals surface area contributed by atoms with Crippen molar-refractivity contribution >= 4 is 34.6 Å². The van der Waals surface area contributed by atoms with E-state index in [-0.39, 0.29) is 5.97 Å². The first-order chi connectivity index (χ1) is 9.22. The summed E-state index contributed by atoms with van der Waals surface area (Å²) in [4.78, 5) is 12.0. The number of ether oxygens (including phenoxy) is 1. The fraction of sp³-hybridized carbons (Fsp3) is 0.214. The number of halogens is 1. The molecule has 1 aromatic heterocycles. The Morgan fingerprint density at radius 3 is 2.84 bits per heavy atom. The highest BCUT2D eigenvalue weighted by molar-refractivity contribution is 7.08. The molecule has 2 rings (SSSR count). The Labute approximate surface area is 121 Å². The van der Waals surface area contributed by atoms with Gasteiger partial charge in [-0.15, -0.1) is 0 Å². The molecule has 100 valence electrons. The van der Waals surface area contributed by atoms with Gasteiger partial charge in [0.25, 0.3) is 0 Å². The molecule has 1 heterocycles. The average Bonchev–Trinajstić information content (AvgIpc) is 2.91. The van der Waals surface area contributed by atoms with Crippen molar-refractivity contribution < 1.29 is 9.53 Å². The van der Waals surface area contributed by atoms with Crippen molar-refractivity contribution in [3.63, 3.8) is 0 Å². The molecule has 0 aliphatic heterocycles. The van der Waals surface area contributed by atoms with Crippen molar-refractivity contribution in [2.75, 3.05) is 11.9 Å². The van der Waals surface area contributed by atoms with Crippen molar-refractivity contribution in [3.05, 3.63) is 51.7 Å². The summed E-state index contributed by atoms with van der Waals surface area (Å²) in [7, 11) is 0. The Hall–Kier alpha value is -1.52. The Morgan fingerprint density at radius 2 is 2.21 bits per heavy atom. The van der Waals surface area contributed by atoms with Gasteiger partial charge in [-0.1, -0.05) is 23.7 Å². The number of carbonyl (C=O) groups excluding carboxylic acids is 1. The van der Waals surface area contributed by atoms with E-state index in [1.807, 2.05) is 35.0 Å². The predicted octanol–water partition coefficient (Wildman–Crippen LogP) is 4.12. The number of rotatable bonds is 5. The predicted molar refractivity (Wildman–Crippen MR) is 78.8 cm³/mol. The van der Waals surface area contributed by atoms with E-state index in [1.165, 1.54) is 11.3 Å². The molecule has 0 spiro atoms. The van der Waals surface area contributed by atoms with Crippen molar-refractivity contribution in [1.82, 2.24) is 0 Å². The van der Waals surface area contributed by atoms with E-state index in [4.69, 9.17) is 16.3 Å². The first kappa shape index (κ1) is 13.9. The zero-order chi connectivity index (χ0) is 13.7. The number of esters is 1. The molecule has 2 aromatic rings. The van der Waals surface area contributed by atoms with Crippen LogP contribution >= 0.6 is 22.9 Å². The first-order valence-corrected chi connectivity index (χ1v) is 7.24. The van der Waals surface area contributed by atoms with Gasteiger partial charge in [0.15, 0.2) is 6.04 Å². The molecule has 5 heteroatoms. The Bertz CT molecular complexity index is 542. The Morgan fingerprint density at radius 1 is 1.42 bits per heavy atom. The molecule has 0 radical (unpaired) electrons. The molecule has 0 aliphatic rings. The van der Waals surface area contributed by atoms with Gasteiger partial charge in [-0.2, -0.15) is 11.3 Å². The molecule has 0 saturated heterocycles. The van der Waals surface area contributed by atoms with Crippen LogP contribution in [0.4, 0.5) is 5.69 Å². The van der Waals surface area contributed by atoms with Crippen molar-refractivity contribution in [1.29, 1.82) is 0 Å². The van der Waals surface area contributed by atoms with Crippen LogP contribution in [0.5, 0.6) is 0 Å². The maximum absolute atomic E-state index is 12.0. The minimum Gasteiger partial charge on any atom is -0.464 e. The van der Waals surface area contributed by atoms with Crippen molar-refractivity contribution in [2.45, 2.75) is 13.0 Å². The number of anilines is 1. The molecule has 0 aliphatic carbocycles. The molecule has 19 heavy (non-hydrogen) atoms. The topological polar surface area (TPSA) is 38.3 Å². The maximum Gasteiger partial charge on any atom is 0.333 e. The second kappa shape index (κ2) is 6.59. The first-order valence-electron chi connectivity index (χ1n) is 5.92. The molecular weight excluding hydrogens is 282 g/mol. The summed E-state index contributed by atoms with van der Waals surface area (Å²) in [6.45, 7) is 2.14. The third kappa shape index (κ3) is 3.49. The lowest BCUT2D eigenvalue weighted by Crippen LogP contribution is -2.23. The molecule has 3 nitrogen and oxygen atoms in total. The molecular formula is C14H14ClNO2S. The number of hydrogen-bond acceptors (Lipinski definition) is 4. The molecule has 0 saturated carbocycles. The lowest BCUT2D eigenvalue weighted by Gasteiger charge is -2.18. The SMILES string of the molecule is CCOC(=O)C(Nc1ccccc1Cl)c1ccsc1. The molecule has 1 aromatic carbocycles. The zero-order valence-electron chi connectivity index (χ0n) is 10.4. The van der Waals surface area contributed by atoms with Crippen molar-refractivity contribution in [2.24, 2.45) is 0 Å². The van der Waals surface area contributed by atoms with Gasteiger partial charge >= 0.3 is 5.97 Å². The van der Waals surface area contributed by atoms with Crippen LogP contribution in [0.25, 0.3) is 0 Å². The summed E-state index contributed by atoms with van der Waals surface area (Å²) in [5.74, 6) is -0.305. The number of hydrogen-bond donors (Lipinski definition) is 1. The van der Waals surface area contributed by atoms with Gasteiger partial charge in [0.2, 0.25) is 0 Å². The van der Waals surface area contributed by atoms with Crippen LogP contribution in [0.3, 0.4) is 0 Å². The number of benzene rings is 1. The average molecular weight is 296 g/mol. The third-order valence-corrected chi connectivity index (χ3v) is 3.60. The summed E-state index contributed by atoms with van der Waals surface area (Å²) in [6, 6.07) is 8.68. The fourth-order valence-corrected chi connectivity index (χ4v) is 2.55. The molecule has 1 unspecified atom stereocenters. The molecule has 0 amide bonds. The smallest absolute Gasteiger partial charge is 0.333 e. The van der Waals surface area contributed by atoms with Crippen LogP contribution in [0.2, 0.25) is 5.02 Å². The van der Waals surface area contributed by atoms with E-state index in [9.17, 15) is 4.79 Å². The molecule has 0 bridgehead atoms. The van der Waals surface area contributed by atoms with Crippen LogP contribution in [0.15, 0.2) is 41.1 Å². The van der Waals surface area contributed by atoms with E-state index < -0.39 is 6.04 Å². The van der Waals surface area contributed by atoms with Crippen LogP contribution in [-0.4, -0.2) is 12.6 Å². The van der Waals surface area contributed by atoms with Crippen LogP contribution in [-0.2, 0) is 9.53 Å². The number of para-hydroxylation sites is 1. The molecule has 0 fully saturated rings. The van der Waals surface area contributed by atoms with Gasteiger partial charge in [-0.25, -0.2) is 4.79 Å². The summed E-state index contributed by atoms with van der Waals surface area (Å²) in [5, 5.41) is 7.56. The number of thiophene rings is 1. The molecule has 1 N–H and O–H groups in total. The highest BCUT2D eigenvalue weighted by atomic mass is 35.5. The number of carbonyl (C=O) groups is 1. The lowest BCUT2D eigenvalue weighted by atomic mass is 10.1. The second-order valence-electron chi connectivity index (χ2n) is 3.87. The van der Waals surface area contributed by atoms with Gasteiger partial charge in [-0.3, -0.25) is 0 Å². The lowest BCUT2D eigenvalue weighted by molar-refractivity contribution is -0.144. The van der Waals surface area contributed by atoms with Gasteiger partial charge in [0, 0.05) is 0 Å². The summed E-state index contributed by atoms with van der Waals surface area (Å²) in [5.41, 5.74) is 1.59. The largest absolute Gasteiger partial charge is 0.464 e. The van der Waals surface area contributed by atoms with Gasteiger partial charge < -0.3 is 10.1 Å². The van der Waals surface area contributed by atoms with Gasteiger partial charge in [0.05, 0.1) is 17.3 Å². The van der Waals surface area contributed by atoms with Gasteiger partial charge in [-0.05, 0) is 41.4 Å². The fourth-order valence-electron chi connectivity index (χ4n) is 1.68. The van der Waals surface area contributed by atoms with E-state index >= 15 is 0 Å². The van der Waals surface area contributed by atoms with E-state index in [2.05, 4.69) is 5.32 Å². The van der Waals surface area contributed by atoms with Gasteiger partial charge in [0.1, 0.15) is 0 Å². The standard InChI is InChI=1S/C14H14ClNO2S/c1-2-18-14(17)13(10-7-8-19-9-10)16-12-6-4-3-5-11(12)15/h3-9,13,16H,2H2,1H3. The summed E-state index contributed by atoms with van der Waals surface area (Å²) < 4.78 is 5.10. The monoisotopic (exact) mass is 295 g/mol. The van der Waals surface area contributed by atoms with Crippen LogP contribution in [0, 0.1) is 0 Å². The third-order valence-electron chi connectivity index (χ3n) is 2.57. The Balaban J connectivity index is 2.24. The van der Waals surface area contributed by atoms with E-state index in [1.54, 1.807) is 13.0 Å². The number of nitrogens with one attached hydrogen (secondary N) is 1. The normalized spacial score (nSPS) is 11.9. The zero-order valence-corrected chi connectivity index (χ0v) is 12.0. The minimum atomic E-state index is -0.536. The van der Waals surface area contributed by atoms with Crippen LogP contribution in [0.1, 0.15) is 18.5 Å². The van der Waals surface area contributed by atoms with E-state index in [0.717, 1.165) is 5.56 Å². The summed E-state index contributed by atoms with van der Waals surface area (Å²) >= 11 is 7.64. The Kier molecular flexibility index (Phi) is 4.82. The highest BCUT2D eigenvalue weighted by Crippen LogP contribution is 2.27. The highest BCUT2D eigenvalue weighted by Gasteiger charge is 2.22. The maximum atomic E-state index is 12.0. The minimum absolute atomic E-state index is 0.305. The van der Waals surface area contributed by atoms with Crippen LogP contribution < -0.4 is 5.32 Å². The van der Waals surface area contributed by atoms with Crippen molar-refractivity contribution in [3.8, 4) is 0 Å².